The van der Waals surface area contributed by atoms with E-state index in [0.29, 0.717) is 11.4 Å². The smallest absolute Gasteiger partial charge is 0.416 e. The number of anilines is 2. The van der Waals surface area contributed by atoms with E-state index in [1.807, 2.05) is 0 Å². The molecule has 0 bridgehead atoms. The van der Waals surface area contributed by atoms with Gasteiger partial charge < -0.3 is 15.4 Å². The molecule has 2 N–H and O–H groups in total. The van der Waals surface area contributed by atoms with Crippen LogP contribution in [0.4, 0.5) is 24.5 Å². The molecular formula is C16H15F3N2O2. The van der Waals surface area contributed by atoms with Crippen LogP contribution < -0.4 is 15.4 Å². The lowest BCUT2D eigenvalue weighted by molar-refractivity contribution is -0.137. The number of carbonyl (C=O) groups is 1. The highest BCUT2D eigenvalue weighted by atomic mass is 19.4. The van der Waals surface area contributed by atoms with Gasteiger partial charge in [-0.15, -0.1) is 0 Å². The lowest BCUT2D eigenvalue weighted by Crippen LogP contribution is -2.22. The highest BCUT2D eigenvalue weighted by molar-refractivity contribution is 5.94. The third-order valence-electron chi connectivity index (χ3n) is 3.02. The molecule has 0 atom stereocenters. The van der Waals surface area contributed by atoms with Crippen molar-refractivity contribution in [3.63, 3.8) is 0 Å². The first-order chi connectivity index (χ1) is 10.9. The highest BCUT2D eigenvalue weighted by Gasteiger charge is 2.30. The third kappa shape index (κ3) is 4.64. The van der Waals surface area contributed by atoms with E-state index < -0.39 is 17.6 Å². The zero-order chi connectivity index (χ0) is 16.9. The maximum atomic E-state index is 12.6. The van der Waals surface area contributed by atoms with Gasteiger partial charge in [0.2, 0.25) is 5.91 Å². The van der Waals surface area contributed by atoms with Crippen molar-refractivity contribution in [3.8, 4) is 5.75 Å². The summed E-state index contributed by atoms with van der Waals surface area (Å²) < 4.78 is 43.0. The topological polar surface area (TPSA) is 50.4 Å². The van der Waals surface area contributed by atoms with Gasteiger partial charge in [-0.1, -0.05) is 18.2 Å². The molecule has 0 spiro atoms. The predicted molar refractivity (Wildman–Crippen MR) is 81.6 cm³/mol. The van der Waals surface area contributed by atoms with Crippen LogP contribution in [0.3, 0.4) is 0 Å². The summed E-state index contributed by atoms with van der Waals surface area (Å²) in [7, 11) is 1.50. The molecule has 0 aliphatic carbocycles. The number of para-hydroxylation sites is 2. The van der Waals surface area contributed by atoms with Crippen molar-refractivity contribution < 1.29 is 22.7 Å². The first kappa shape index (κ1) is 16.7. The van der Waals surface area contributed by atoms with Crippen molar-refractivity contribution in [3.05, 3.63) is 54.1 Å². The van der Waals surface area contributed by atoms with Crippen LogP contribution in [-0.2, 0) is 11.0 Å². The first-order valence-corrected chi connectivity index (χ1v) is 6.74. The third-order valence-corrected chi connectivity index (χ3v) is 3.02. The number of ether oxygens (including phenoxy) is 1. The van der Waals surface area contributed by atoms with E-state index in [9.17, 15) is 18.0 Å². The molecule has 0 aliphatic heterocycles. The maximum Gasteiger partial charge on any atom is 0.416 e. The van der Waals surface area contributed by atoms with Gasteiger partial charge >= 0.3 is 6.18 Å². The summed E-state index contributed by atoms with van der Waals surface area (Å²) in [5, 5.41) is 5.29. The monoisotopic (exact) mass is 324 g/mol. The van der Waals surface area contributed by atoms with E-state index in [4.69, 9.17) is 4.74 Å². The number of methoxy groups -OCH3 is 1. The Morgan fingerprint density at radius 1 is 1.13 bits per heavy atom. The molecule has 0 aromatic heterocycles. The van der Waals surface area contributed by atoms with Gasteiger partial charge in [0.1, 0.15) is 5.75 Å². The second-order valence-corrected chi connectivity index (χ2v) is 4.68. The molecule has 0 saturated carbocycles. The van der Waals surface area contributed by atoms with Crippen molar-refractivity contribution >= 4 is 17.3 Å². The van der Waals surface area contributed by atoms with Crippen molar-refractivity contribution in [2.24, 2.45) is 0 Å². The van der Waals surface area contributed by atoms with Crippen LogP contribution in [0.1, 0.15) is 5.56 Å². The number of rotatable bonds is 5. The average molecular weight is 324 g/mol. The van der Waals surface area contributed by atoms with E-state index in [0.717, 1.165) is 12.1 Å². The lowest BCUT2D eigenvalue weighted by Gasteiger charge is -2.12. The molecule has 2 aromatic rings. The van der Waals surface area contributed by atoms with Gasteiger partial charge in [0.05, 0.1) is 24.9 Å². The molecule has 0 radical (unpaired) electrons. The summed E-state index contributed by atoms with van der Waals surface area (Å²) in [6.07, 6.45) is -4.45. The fraction of sp³-hybridized carbons (Fsp3) is 0.188. The Bertz CT molecular complexity index is 687. The number of benzene rings is 2. The summed E-state index contributed by atoms with van der Waals surface area (Å²) >= 11 is 0. The predicted octanol–water partition coefficient (Wildman–Crippen LogP) is 3.76. The average Bonchev–Trinajstić information content (AvgIpc) is 2.52. The molecule has 0 unspecified atom stereocenters. The lowest BCUT2D eigenvalue weighted by atomic mass is 10.2. The second-order valence-electron chi connectivity index (χ2n) is 4.68. The van der Waals surface area contributed by atoms with Gasteiger partial charge in [-0.25, -0.2) is 0 Å². The zero-order valence-electron chi connectivity index (χ0n) is 12.3. The molecule has 0 saturated heterocycles. The molecule has 0 heterocycles. The van der Waals surface area contributed by atoms with Crippen molar-refractivity contribution in [2.45, 2.75) is 6.18 Å². The van der Waals surface area contributed by atoms with Crippen molar-refractivity contribution in [2.75, 3.05) is 24.3 Å². The van der Waals surface area contributed by atoms with Crippen molar-refractivity contribution in [1.29, 1.82) is 0 Å². The minimum absolute atomic E-state index is 0.0895. The van der Waals surface area contributed by atoms with Gasteiger partial charge in [-0.2, -0.15) is 13.2 Å². The van der Waals surface area contributed by atoms with Gasteiger partial charge in [0.15, 0.2) is 0 Å². The van der Waals surface area contributed by atoms with E-state index in [1.165, 1.54) is 19.2 Å². The van der Waals surface area contributed by atoms with Gasteiger partial charge in [-0.3, -0.25) is 4.79 Å². The highest BCUT2D eigenvalue weighted by Crippen LogP contribution is 2.30. The quantitative estimate of drug-likeness (QED) is 0.880. The Morgan fingerprint density at radius 3 is 2.57 bits per heavy atom. The minimum Gasteiger partial charge on any atom is -0.495 e. The summed E-state index contributed by atoms with van der Waals surface area (Å²) in [5.74, 6) is 0.106. The SMILES string of the molecule is COc1ccccc1NCC(=O)Nc1cccc(C(F)(F)F)c1. The molecule has 4 nitrogen and oxygen atoms in total. The fourth-order valence-electron chi connectivity index (χ4n) is 1.94. The molecule has 7 heteroatoms. The van der Waals surface area contributed by atoms with Crippen LogP contribution in [0.2, 0.25) is 0 Å². The summed E-state index contributed by atoms with van der Waals surface area (Å²) in [6.45, 7) is -0.101. The Balaban J connectivity index is 1.98. The van der Waals surface area contributed by atoms with Crippen LogP contribution in [0.25, 0.3) is 0 Å². The molecule has 0 fully saturated rings. The van der Waals surface area contributed by atoms with E-state index in [2.05, 4.69) is 10.6 Å². The fourth-order valence-corrected chi connectivity index (χ4v) is 1.94. The minimum atomic E-state index is -4.45. The molecule has 23 heavy (non-hydrogen) atoms. The number of amides is 1. The van der Waals surface area contributed by atoms with Crippen LogP contribution in [0.15, 0.2) is 48.5 Å². The Morgan fingerprint density at radius 2 is 1.87 bits per heavy atom. The summed E-state index contributed by atoms with van der Waals surface area (Å²) in [4.78, 5) is 11.9. The maximum absolute atomic E-state index is 12.6. The summed E-state index contributed by atoms with van der Waals surface area (Å²) in [5.41, 5.74) is -0.103. The zero-order valence-corrected chi connectivity index (χ0v) is 12.3. The van der Waals surface area contributed by atoms with E-state index in [-0.39, 0.29) is 12.2 Å². The van der Waals surface area contributed by atoms with Gasteiger partial charge in [0, 0.05) is 5.69 Å². The molecule has 1 amide bonds. The van der Waals surface area contributed by atoms with Crippen LogP contribution in [0.5, 0.6) is 5.75 Å². The molecule has 2 aromatic carbocycles. The number of hydrogen-bond donors (Lipinski definition) is 2. The van der Waals surface area contributed by atoms with E-state index in [1.54, 1.807) is 24.3 Å². The number of halogens is 3. The first-order valence-electron chi connectivity index (χ1n) is 6.74. The second kappa shape index (κ2) is 7.04. The Labute approximate surface area is 131 Å². The van der Waals surface area contributed by atoms with Gasteiger partial charge in [-0.05, 0) is 30.3 Å². The van der Waals surface area contributed by atoms with Crippen LogP contribution >= 0.6 is 0 Å². The number of nitrogens with one attached hydrogen (secondary N) is 2. The number of hydrogen-bond acceptors (Lipinski definition) is 3. The standard InChI is InChI=1S/C16H15F3N2O2/c1-23-14-8-3-2-7-13(14)20-10-15(22)21-12-6-4-5-11(9-12)16(17,18)19/h2-9,20H,10H2,1H3,(H,21,22). The number of carbonyl (C=O) groups excluding carboxylic acids is 1. The molecule has 122 valence electrons. The van der Waals surface area contributed by atoms with Crippen LogP contribution in [0, 0.1) is 0 Å². The van der Waals surface area contributed by atoms with Gasteiger partial charge in [0.25, 0.3) is 0 Å². The van der Waals surface area contributed by atoms with E-state index >= 15 is 0 Å². The normalized spacial score (nSPS) is 11.0. The number of alkyl halides is 3. The molecule has 0 aliphatic rings. The van der Waals surface area contributed by atoms with Crippen LogP contribution in [-0.4, -0.2) is 19.6 Å². The summed E-state index contributed by atoms with van der Waals surface area (Å²) in [6, 6.07) is 11.5. The largest absolute Gasteiger partial charge is 0.495 e. The Kier molecular flexibility index (Phi) is 5.10. The van der Waals surface area contributed by atoms with Crippen molar-refractivity contribution in [1.82, 2.24) is 0 Å². The molecular weight excluding hydrogens is 309 g/mol. The Hall–Kier alpha value is -2.70. The molecule has 2 rings (SSSR count).